The predicted molar refractivity (Wildman–Crippen MR) is 112 cm³/mol. The first-order valence-electron chi connectivity index (χ1n) is 10.6. The highest BCUT2D eigenvalue weighted by Crippen LogP contribution is 2.29. The van der Waals surface area contributed by atoms with E-state index in [2.05, 4.69) is 13.8 Å². The molecule has 30 heavy (non-hydrogen) atoms. The standard InChI is InChI=1S/C21H29N3O5S/c1-14-9-15(2)12-23(11-14)20(25)16-5-4-8-24(13-16)30(27,28)17-6-7-18-19(10-17)29-21(26)22(18)3/h6-7,10,14-16H,4-5,8-9,11-13H2,1-3H3/t14-,15+,16-/m1/s1. The van der Waals surface area contributed by atoms with E-state index in [9.17, 15) is 18.0 Å². The van der Waals surface area contributed by atoms with Crippen LogP contribution in [0.2, 0.25) is 0 Å². The van der Waals surface area contributed by atoms with Gasteiger partial charge in [0.2, 0.25) is 15.9 Å². The van der Waals surface area contributed by atoms with Gasteiger partial charge >= 0.3 is 5.76 Å². The van der Waals surface area contributed by atoms with E-state index in [0.29, 0.717) is 36.7 Å². The summed E-state index contributed by atoms with van der Waals surface area (Å²) in [5.74, 6) is 0.150. The molecule has 0 saturated carbocycles. The van der Waals surface area contributed by atoms with Crippen LogP contribution in [0.15, 0.2) is 32.3 Å². The lowest BCUT2D eigenvalue weighted by Gasteiger charge is -2.39. The van der Waals surface area contributed by atoms with Crippen molar-refractivity contribution in [2.75, 3.05) is 26.2 Å². The molecule has 2 fully saturated rings. The summed E-state index contributed by atoms with van der Waals surface area (Å²) in [6, 6.07) is 4.47. The number of hydrogen-bond acceptors (Lipinski definition) is 5. The molecule has 3 heterocycles. The van der Waals surface area contributed by atoms with Crippen molar-refractivity contribution in [3.05, 3.63) is 28.7 Å². The third-order valence-electron chi connectivity index (χ3n) is 6.32. The summed E-state index contributed by atoms with van der Waals surface area (Å²) in [5, 5.41) is 0. The Morgan fingerprint density at radius 1 is 1.13 bits per heavy atom. The van der Waals surface area contributed by atoms with E-state index in [1.807, 2.05) is 4.90 Å². The molecule has 2 saturated heterocycles. The fourth-order valence-electron chi connectivity index (χ4n) is 4.89. The lowest BCUT2D eigenvalue weighted by molar-refractivity contribution is -0.139. The van der Waals surface area contributed by atoms with Gasteiger partial charge in [-0.2, -0.15) is 4.31 Å². The monoisotopic (exact) mass is 435 g/mol. The first-order chi connectivity index (χ1) is 14.2. The van der Waals surface area contributed by atoms with Gasteiger partial charge in [0.05, 0.1) is 16.3 Å². The van der Waals surface area contributed by atoms with Crippen molar-refractivity contribution in [3.8, 4) is 0 Å². The molecule has 2 aromatic rings. The second kappa shape index (κ2) is 7.85. The number of sulfonamides is 1. The number of hydrogen-bond donors (Lipinski definition) is 0. The third-order valence-corrected chi connectivity index (χ3v) is 8.18. The number of carbonyl (C=O) groups excluding carboxylic acids is 1. The highest BCUT2D eigenvalue weighted by atomic mass is 32.2. The van der Waals surface area contributed by atoms with Crippen LogP contribution >= 0.6 is 0 Å². The van der Waals surface area contributed by atoms with E-state index < -0.39 is 15.8 Å². The van der Waals surface area contributed by atoms with Crippen molar-refractivity contribution < 1.29 is 17.6 Å². The smallest absolute Gasteiger partial charge is 0.408 e. The minimum atomic E-state index is -3.78. The van der Waals surface area contributed by atoms with Gasteiger partial charge in [-0.05, 0) is 43.2 Å². The predicted octanol–water partition coefficient (Wildman–Crippen LogP) is 2.04. The lowest BCUT2D eigenvalue weighted by atomic mass is 9.90. The molecule has 8 nitrogen and oxygen atoms in total. The molecule has 164 valence electrons. The maximum atomic E-state index is 13.2. The Labute approximate surface area is 176 Å². The molecule has 2 aliphatic heterocycles. The molecule has 3 atom stereocenters. The Morgan fingerprint density at radius 2 is 1.83 bits per heavy atom. The second-order valence-corrected chi connectivity index (χ2v) is 10.9. The molecular weight excluding hydrogens is 406 g/mol. The van der Waals surface area contributed by atoms with E-state index >= 15 is 0 Å². The van der Waals surface area contributed by atoms with Crippen LogP contribution in [-0.2, 0) is 21.9 Å². The number of aryl methyl sites for hydroxylation is 1. The van der Waals surface area contributed by atoms with Crippen LogP contribution in [0.1, 0.15) is 33.1 Å². The topological polar surface area (TPSA) is 92.8 Å². The maximum absolute atomic E-state index is 13.2. The van der Waals surface area contributed by atoms with Crippen LogP contribution in [0.3, 0.4) is 0 Å². The first kappa shape index (κ1) is 21.1. The molecule has 1 aromatic carbocycles. The van der Waals surface area contributed by atoms with Crippen LogP contribution < -0.4 is 5.76 Å². The molecule has 4 rings (SSSR count). The van der Waals surface area contributed by atoms with Gasteiger partial charge in [0.1, 0.15) is 0 Å². The van der Waals surface area contributed by atoms with Gasteiger partial charge in [0.15, 0.2) is 5.58 Å². The summed E-state index contributed by atoms with van der Waals surface area (Å²) in [6.07, 6.45) is 2.47. The Bertz CT molecular complexity index is 1110. The minimum Gasteiger partial charge on any atom is -0.408 e. The van der Waals surface area contributed by atoms with Gasteiger partial charge < -0.3 is 9.32 Å². The van der Waals surface area contributed by atoms with E-state index in [1.54, 1.807) is 13.1 Å². The van der Waals surface area contributed by atoms with E-state index in [-0.39, 0.29) is 28.8 Å². The fraction of sp³-hybridized carbons (Fsp3) is 0.619. The molecular formula is C21H29N3O5S. The molecule has 2 aliphatic rings. The number of nitrogens with zero attached hydrogens (tertiary/aromatic N) is 3. The number of oxazole rings is 1. The van der Waals surface area contributed by atoms with Gasteiger partial charge in [-0.1, -0.05) is 13.8 Å². The Balaban J connectivity index is 1.55. The molecule has 0 N–H and O–H groups in total. The average molecular weight is 436 g/mol. The van der Waals surface area contributed by atoms with Crippen LogP contribution in [0, 0.1) is 17.8 Å². The molecule has 0 bridgehead atoms. The Kier molecular flexibility index (Phi) is 5.52. The highest BCUT2D eigenvalue weighted by molar-refractivity contribution is 7.89. The number of fused-ring (bicyclic) bond motifs is 1. The summed E-state index contributed by atoms with van der Waals surface area (Å²) < 4.78 is 34.4. The summed E-state index contributed by atoms with van der Waals surface area (Å²) in [6.45, 7) is 6.39. The lowest BCUT2D eigenvalue weighted by Crippen LogP contribution is -2.50. The molecule has 0 spiro atoms. The number of rotatable bonds is 3. The first-order valence-corrected chi connectivity index (χ1v) is 12.0. The van der Waals surface area contributed by atoms with Crippen molar-refractivity contribution in [2.24, 2.45) is 24.8 Å². The number of likely N-dealkylation sites (tertiary alicyclic amines) is 1. The summed E-state index contributed by atoms with van der Waals surface area (Å²) in [4.78, 5) is 26.8. The zero-order valence-electron chi connectivity index (χ0n) is 17.7. The van der Waals surface area contributed by atoms with Crippen molar-refractivity contribution >= 4 is 27.0 Å². The van der Waals surface area contributed by atoms with Crippen molar-refractivity contribution in [2.45, 2.75) is 38.0 Å². The van der Waals surface area contributed by atoms with E-state index in [0.717, 1.165) is 19.5 Å². The molecule has 1 amide bonds. The summed E-state index contributed by atoms with van der Waals surface area (Å²) in [5.41, 5.74) is 0.781. The largest absolute Gasteiger partial charge is 0.419 e. The van der Waals surface area contributed by atoms with Gasteiger partial charge in [0, 0.05) is 39.3 Å². The molecule has 9 heteroatoms. The van der Waals surface area contributed by atoms with Gasteiger partial charge in [0.25, 0.3) is 0 Å². The van der Waals surface area contributed by atoms with Gasteiger partial charge in [-0.3, -0.25) is 9.36 Å². The van der Waals surface area contributed by atoms with Crippen molar-refractivity contribution in [1.29, 1.82) is 0 Å². The summed E-state index contributed by atoms with van der Waals surface area (Å²) >= 11 is 0. The molecule has 1 aromatic heterocycles. The normalized spacial score (nSPS) is 26.2. The number of amides is 1. The molecule has 0 aliphatic carbocycles. The maximum Gasteiger partial charge on any atom is 0.419 e. The zero-order valence-corrected chi connectivity index (χ0v) is 18.5. The average Bonchev–Trinajstić information content (AvgIpc) is 3.00. The second-order valence-electron chi connectivity index (χ2n) is 8.95. The van der Waals surface area contributed by atoms with Gasteiger partial charge in [-0.15, -0.1) is 0 Å². The zero-order chi connectivity index (χ0) is 21.6. The third kappa shape index (κ3) is 3.80. The highest BCUT2D eigenvalue weighted by Gasteiger charge is 2.37. The van der Waals surface area contributed by atoms with Crippen LogP contribution in [0.4, 0.5) is 0 Å². The number of carbonyl (C=O) groups is 1. The van der Waals surface area contributed by atoms with Crippen LogP contribution in [0.25, 0.3) is 11.1 Å². The summed E-state index contributed by atoms with van der Waals surface area (Å²) in [7, 11) is -2.21. The van der Waals surface area contributed by atoms with E-state index in [4.69, 9.17) is 4.42 Å². The minimum absolute atomic E-state index is 0.0674. The number of aromatic nitrogens is 1. The van der Waals surface area contributed by atoms with Crippen LogP contribution in [0.5, 0.6) is 0 Å². The Hall–Kier alpha value is -2.13. The van der Waals surface area contributed by atoms with E-state index in [1.165, 1.54) is 21.0 Å². The number of benzene rings is 1. The van der Waals surface area contributed by atoms with Crippen molar-refractivity contribution in [1.82, 2.24) is 13.8 Å². The van der Waals surface area contributed by atoms with Crippen molar-refractivity contribution in [3.63, 3.8) is 0 Å². The molecule has 0 radical (unpaired) electrons. The van der Waals surface area contributed by atoms with Crippen LogP contribution in [-0.4, -0.2) is 54.3 Å². The SMILES string of the molecule is C[C@@H]1C[C@H](C)CN(C(=O)[C@@H]2CCCN(S(=O)(=O)c3ccc4c(c3)oc(=O)n4C)C2)C1. The fourth-order valence-corrected chi connectivity index (χ4v) is 6.43. The Morgan fingerprint density at radius 3 is 2.53 bits per heavy atom. The number of piperidine rings is 2. The quantitative estimate of drug-likeness (QED) is 0.736. The van der Waals surface area contributed by atoms with Gasteiger partial charge in [-0.25, -0.2) is 13.2 Å². The molecule has 0 unspecified atom stereocenters.